The molecule has 1 atom stereocenters. The molecule has 0 aliphatic carbocycles. The number of ether oxygens (including phenoxy) is 3. The summed E-state index contributed by atoms with van der Waals surface area (Å²) in [6.45, 7) is 2.36. The van der Waals surface area contributed by atoms with Crippen molar-refractivity contribution in [3.63, 3.8) is 0 Å². The molecule has 6 nitrogen and oxygen atoms in total. The summed E-state index contributed by atoms with van der Waals surface area (Å²) < 4.78 is 16.8. The van der Waals surface area contributed by atoms with Gasteiger partial charge < -0.3 is 24.2 Å². The fraction of sp³-hybridized carbons (Fsp3) is 0.381. The zero-order chi connectivity index (χ0) is 18.6. The van der Waals surface area contributed by atoms with Crippen LogP contribution in [0.15, 0.2) is 42.5 Å². The first-order chi connectivity index (χ1) is 13.2. The van der Waals surface area contributed by atoms with Gasteiger partial charge in [-0.3, -0.25) is 4.79 Å². The number of carbonyl (C=O) groups excluding carboxylic acids is 1. The molecule has 2 aliphatic rings. The van der Waals surface area contributed by atoms with Gasteiger partial charge in [-0.25, -0.2) is 0 Å². The van der Waals surface area contributed by atoms with Crippen LogP contribution in [0.4, 0.5) is 5.69 Å². The highest BCUT2D eigenvalue weighted by Crippen LogP contribution is 2.32. The van der Waals surface area contributed by atoms with Crippen LogP contribution < -0.4 is 14.4 Å². The van der Waals surface area contributed by atoms with E-state index in [9.17, 15) is 9.90 Å². The summed E-state index contributed by atoms with van der Waals surface area (Å²) in [6.07, 6.45) is 2.09. The topological polar surface area (TPSA) is 68.2 Å². The summed E-state index contributed by atoms with van der Waals surface area (Å²) in [4.78, 5) is 14.4. The number of nitrogens with zero attached hydrogens (tertiary/aromatic N) is 1. The molecule has 1 N–H and O–H groups in total. The van der Waals surface area contributed by atoms with Crippen LogP contribution in [-0.4, -0.2) is 43.5 Å². The van der Waals surface area contributed by atoms with E-state index in [0.29, 0.717) is 18.1 Å². The minimum atomic E-state index is -0.324. The highest BCUT2D eigenvalue weighted by atomic mass is 16.6. The average Bonchev–Trinajstić information content (AvgIpc) is 3.22. The van der Waals surface area contributed by atoms with Gasteiger partial charge in [-0.05, 0) is 42.7 Å². The molecule has 27 heavy (non-hydrogen) atoms. The summed E-state index contributed by atoms with van der Waals surface area (Å²) in [5.41, 5.74) is 1.62. The van der Waals surface area contributed by atoms with Crippen molar-refractivity contribution >= 4 is 11.7 Å². The Morgan fingerprint density at radius 1 is 1.15 bits per heavy atom. The van der Waals surface area contributed by atoms with Crippen LogP contribution in [0, 0.1) is 0 Å². The van der Waals surface area contributed by atoms with E-state index in [1.165, 1.54) is 0 Å². The summed E-state index contributed by atoms with van der Waals surface area (Å²) in [5.74, 6) is 1.30. The number of para-hydroxylation sites is 2. The first-order valence-corrected chi connectivity index (χ1v) is 9.30. The quantitative estimate of drug-likeness (QED) is 0.818. The van der Waals surface area contributed by atoms with Crippen molar-refractivity contribution < 1.29 is 24.1 Å². The molecule has 0 radical (unpaired) electrons. The summed E-state index contributed by atoms with van der Waals surface area (Å²) in [6, 6.07) is 12.7. The van der Waals surface area contributed by atoms with E-state index in [1.54, 1.807) is 12.1 Å². The van der Waals surface area contributed by atoms with Crippen LogP contribution in [0.2, 0.25) is 0 Å². The van der Waals surface area contributed by atoms with Crippen LogP contribution in [0.3, 0.4) is 0 Å². The van der Waals surface area contributed by atoms with Crippen LogP contribution in [0.25, 0.3) is 0 Å². The van der Waals surface area contributed by atoms with Gasteiger partial charge in [-0.2, -0.15) is 0 Å². The number of aromatic hydroxyl groups is 1. The number of esters is 1. The minimum absolute atomic E-state index is 0.143. The fourth-order valence-corrected chi connectivity index (χ4v) is 3.44. The number of fused-ring (bicyclic) bond motifs is 1. The van der Waals surface area contributed by atoms with Gasteiger partial charge in [0.05, 0.1) is 12.1 Å². The molecule has 2 aliphatic heterocycles. The molecule has 2 aromatic rings. The normalized spacial score (nSPS) is 18.4. The van der Waals surface area contributed by atoms with E-state index < -0.39 is 0 Å². The smallest absolute Gasteiger partial charge is 0.310 e. The third kappa shape index (κ3) is 4.10. The molecular formula is C21H23NO5. The second-order valence-corrected chi connectivity index (χ2v) is 6.87. The Hall–Kier alpha value is -2.89. The van der Waals surface area contributed by atoms with E-state index in [-0.39, 0.29) is 30.9 Å². The number of phenolic OH excluding ortho intramolecular Hbond substituents is 1. The van der Waals surface area contributed by atoms with Crippen LogP contribution in [0.1, 0.15) is 18.4 Å². The number of phenols is 1. The molecule has 4 rings (SSSR count). The Bertz CT molecular complexity index is 816. The van der Waals surface area contributed by atoms with Crippen LogP contribution >= 0.6 is 0 Å². The van der Waals surface area contributed by atoms with Crippen molar-refractivity contribution in [1.82, 2.24) is 0 Å². The zero-order valence-electron chi connectivity index (χ0n) is 15.1. The van der Waals surface area contributed by atoms with Gasteiger partial charge in [0, 0.05) is 13.1 Å². The molecular weight excluding hydrogens is 346 g/mol. The van der Waals surface area contributed by atoms with Gasteiger partial charge in [0.1, 0.15) is 19.0 Å². The van der Waals surface area contributed by atoms with Gasteiger partial charge in [0.2, 0.25) is 0 Å². The van der Waals surface area contributed by atoms with Gasteiger partial charge >= 0.3 is 5.97 Å². The van der Waals surface area contributed by atoms with E-state index in [4.69, 9.17) is 14.2 Å². The Morgan fingerprint density at radius 3 is 2.74 bits per heavy atom. The van der Waals surface area contributed by atoms with Crippen molar-refractivity contribution in [3.8, 4) is 17.2 Å². The molecule has 0 amide bonds. The molecule has 0 spiro atoms. The van der Waals surface area contributed by atoms with Crippen molar-refractivity contribution in [2.24, 2.45) is 0 Å². The van der Waals surface area contributed by atoms with E-state index in [1.807, 2.05) is 30.3 Å². The SMILES string of the molecule is O=C(Cc1ccc(O)c(N2CCCC2)c1)OCC1COc2ccccc2O1. The van der Waals surface area contributed by atoms with Crippen molar-refractivity contribution in [1.29, 1.82) is 0 Å². The lowest BCUT2D eigenvalue weighted by molar-refractivity contribution is -0.146. The monoisotopic (exact) mass is 369 g/mol. The van der Waals surface area contributed by atoms with Crippen LogP contribution in [-0.2, 0) is 16.0 Å². The highest BCUT2D eigenvalue weighted by molar-refractivity contribution is 5.74. The molecule has 6 heteroatoms. The molecule has 2 heterocycles. The number of rotatable bonds is 5. The largest absolute Gasteiger partial charge is 0.506 e. The maximum Gasteiger partial charge on any atom is 0.310 e. The minimum Gasteiger partial charge on any atom is -0.506 e. The van der Waals surface area contributed by atoms with Crippen molar-refractivity contribution in [2.45, 2.75) is 25.4 Å². The lowest BCUT2D eigenvalue weighted by Gasteiger charge is -2.26. The number of hydrogen-bond donors (Lipinski definition) is 1. The maximum atomic E-state index is 12.2. The number of anilines is 1. The third-order valence-corrected chi connectivity index (χ3v) is 4.83. The molecule has 1 saturated heterocycles. The maximum absolute atomic E-state index is 12.2. The highest BCUT2D eigenvalue weighted by Gasteiger charge is 2.22. The second kappa shape index (κ2) is 7.78. The predicted octanol–water partition coefficient (Wildman–Crippen LogP) is 2.92. The van der Waals surface area contributed by atoms with E-state index >= 15 is 0 Å². The first kappa shape index (κ1) is 17.5. The summed E-state index contributed by atoms with van der Waals surface area (Å²) in [5, 5.41) is 10.1. The van der Waals surface area contributed by atoms with Crippen molar-refractivity contribution in [2.75, 3.05) is 31.2 Å². The van der Waals surface area contributed by atoms with Crippen molar-refractivity contribution in [3.05, 3.63) is 48.0 Å². The molecule has 2 aromatic carbocycles. The second-order valence-electron chi connectivity index (χ2n) is 6.87. The summed E-state index contributed by atoms with van der Waals surface area (Å²) in [7, 11) is 0. The molecule has 0 aromatic heterocycles. The molecule has 1 unspecified atom stereocenters. The first-order valence-electron chi connectivity index (χ1n) is 9.30. The standard InChI is InChI=1S/C21H23NO5/c23-18-8-7-15(11-17(18)22-9-3-4-10-22)12-21(24)26-14-16-13-25-19-5-1-2-6-20(19)27-16/h1-2,5-8,11,16,23H,3-4,9-10,12-14H2. The predicted molar refractivity (Wildman–Crippen MR) is 101 cm³/mol. The Labute approximate surface area is 158 Å². The number of carbonyl (C=O) groups is 1. The number of benzene rings is 2. The number of hydrogen-bond acceptors (Lipinski definition) is 6. The molecule has 1 fully saturated rings. The Kier molecular flexibility index (Phi) is 5.05. The zero-order valence-corrected chi connectivity index (χ0v) is 15.1. The van der Waals surface area contributed by atoms with Gasteiger partial charge in [0.15, 0.2) is 17.6 Å². The van der Waals surface area contributed by atoms with E-state index in [0.717, 1.165) is 37.2 Å². The summed E-state index contributed by atoms with van der Waals surface area (Å²) >= 11 is 0. The van der Waals surface area contributed by atoms with Gasteiger partial charge in [-0.1, -0.05) is 18.2 Å². The Morgan fingerprint density at radius 2 is 1.93 bits per heavy atom. The Balaban J connectivity index is 1.31. The third-order valence-electron chi connectivity index (χ3n) is 4.83. The lowest BCUT2D eigenvalue weighted by atomic mass is 10.1. The fourth-order valence-electron chi connectivity index (χ4n) is 3.44. The molecule has 142 valence electrons. The van der Waals surface area contributed by atoms with Crippen LogP contribution in [0.5, 0.6) is 17.2 Å². The van der Waals surface area contributed by atoms with E-state index in [2.05, 4.69) is 4.90 Å². The average molecular weight is 369 g/mol. The molecule has 0 saturated carbocycles. The van der Waals surface area contributed by atoms with Gasteiger partial charge in [0.25, 0.3) is 0 Å². The molecule has 0 bridgehead atoms. The lowest BCUT2D eigenvalue weighted by Crippen LogP contribution is -2.34. The van der Waals surface area contributed by atoms with Gasteiger partial charge in [-0.15, -0.1) is 0 Å².